The first-order valence-corrected chi connectivity index (χ1v) is 11.2. The molecule has 3 atom stereocenters. The van der Waals surface area contributed by atoms with Crippen LogP contribution in [0.1, 0.15) is 31.7 Å². The molecule has 1 aromatic carbocycles. The fourth-order valence-corrected chi connectivity index (χ4v) is 4.76. The van der Waals surface area contributed by atoms with E-state index >= 15 is 0 Å². The average Bonchev–Trinajstić information content (AvgIpc) is 2.86. The van der Waals surface area contributed by atoms with E-state index in [9.17, 15) is 20.6 Å². The maximum atomic E-state index is 12.5. The van der Waals surface area contributed by atoms with E-state index in [0.717, 1.165) is 6.42 Å². The Labute approximate surface area is 199 Å². The van der Waals surface area contributed by atoms with E-state index in [1.165, 1.54) is 12.0 Å². The van der Waals surface area contributed by atoms with Gasteiger partial charge in [-0.15, -0.1) is 0 Å². The Bertz CT molecular complexity index is 1110. The lowest BCUT2D eigenvalue weighted by molar-refractivity contribution is 0.0992. The molecule has 0 bridgehead atoms. The molecule has 1 aliphatic carbocycles. The summed E-state index contributed by atoms with van der Waals surface area (Å²) >= 11 is 0. The van der Waals surface area contributed by atoms with Crippen LogP contribution in [0, 0.1) is 56.7 Å². The Balaban J connectivity index is 2.18. The first-order chi connectivity index (χ1) is 16.4. The lowest BCUT2D eigenvalue weighted by atomic mass is 9.54. The van der Waals surface area contributed by atoms with Crippen molar-refractivity contribution in [3.05, 3.63) is 35.4 Å². The zero-order valence-electron chi connectivity index (χ0n) is 19.5. The number of benzene rings is 1. The number of hydrogen-bond acceptors (Lipinski definition) is 8. The number of hydrogen-bond donors (Lipinski definition) is 1. The molecule has 0 unspecified atom stereocenters. The average molecular weight is 462 g/mol. The lowest BCUT2D eigenvalue weighted by Gasteiger charge is -2.47. The van der Waals surface area contributed by atoms with Gasteiger partial charge in [0.1, 0.15) is 5.92 Å². The second-order valence-electron chi connectivity index (χ2n) is 8.16. The number of fused-ring (bicyclic) bond motifs is 1. The van der Waals surface area contributed by atoms with Gasteiger partial charge in [0.15, 0.2) is 16.9 Å². The first kappa shape index (κ1) is 24.6. The largest absolute Gasteiger partial charge is 0.493 e. The van der Waals surface area contributed by atoms with Gasteiger partial charge in [-0.05, 0) is 36.6 Å². The topological polar surface area (TPSA) is 143 Å². The summed E-state index contributed by atoms with van der Waals surface area (Å²) in [5, 5.41) is 39.0. The molecule has 176 valence electrons. The van der Waals surface area contributed by atoms with Crippen LogP contribution >= 0.6 is 0 Å². The highest BCUT2D eigenvalue weighted by Gasteiger charge is 2.58. The third-order valence-corrected chi connectivity index (χ3v) is 6.32. The molecule has 0 radical (unpaired) electrons. The van der Waals surface area contributed by atoms with Gasteiger partial charge >= 0.3 is 6.09 Å². The summed E-state index contributed by atoms with van der Waals surface area (Å²) in [5.74, 6) is -1.39. The molecule has 0 saturated heterocycles. The molecular formula is C25H27N5O4. The summed E-state index contributed by atoms with van der Waals surface area (Å²) in [6, 6.07) is 11.4. The molecule has 1 heterocycles. The number of nitriles is 3. The lowest BCUT2D eigenvalue weighted by Crippen LogP contribution is -2.53. The third-order valence-electron chi connectivity index (χ3n) is 6.32. The fraction of sp³-hybridized carbons (Fsp3) is 0.480. The molecule has 9 heteroatoms. The number of methoxy groups -OCH3 is 1. The smallest absolute Gasteiger partial charge is 0.410 e. The summed E-state index contributed by atoms with van der Waals surface area (Å²) in [7, 11) is 1.50. The van der Waals surface area contributed by atoms with Crippen LogP contribution < -0.4 is 9.47 Å². The number of nitrogens with zero attached hydrogens (tertiary/aromatic N) is 4. The van der Waals surface area contributed by atoms with Gasteiger partial charge < -0.3 is 24.5 Å². The quantitative estimate of drug-likeness (QED) is 0.635. The molecule has 3 rings (SSSR count). The number of carbonyl (C=O) groups is 1. The van der Waals surface area contributed by atoms with Gasteiger partial charge in [0.05, 0.1) is 44.2 Å². The summed E-state index contributed by atoms with van der Waals surface area (Å²) < 4.78 is 16.4. The van der Waals surface area contributed by atoms with Crippen molar-refractivity contribution < 1.29 is 19.0 Å². The molecule has 1 N–H and O–H groups in total. The van der Waals surface area contributed by atoms with E-state index in [1.54, 1.807) is 31.2 Å². The Kier molecular flexibility index (Phi) is 7.44. The van der Waals surface area contributed by atoms with Crippen molar-refractivity contribution in [3.63, 3.8) is 0 Å². The molecule has 1 saturated carbocycles. The van der Waals surface area contributed by atoms with Crippen LogP contribution in [0.25, 0.3) is 0 Å². The Hall–Kier alpha value is -4.03. The summed E-state index contributed by atoms with van der Waals surface area (Å²) in [6.07, 6.45) is 2.05. The summed E-state index contributed by atoms with van der Waals surface area (Å²) in [5.41, 5.74) is -0.907. The first-order valence-electron chi connectivity index (χ1n) is 11.2. The van der Waals surface area contributed by atoms with Crippen LogP contribution in [0.15, 0.2) is 29.8 Å². The van der Waals surface area contributed by atoms with E-state index in [4.69, 9.17) is 19.6 Å². The van der Waals surface area contributed by atoms with Crippen molar-refractivity contribution >= 4 is 11.8 Å². The van der Waals surface area contributed by atoms with Crippen molar-refractivity contribution in [2.45, 2.75) is 26.2 Å². The minimum atomic E-state index is -1.89. The summed E-state index contributed by atoms with van der Waals surface area (Å²) in [4.78, 5) is 14.0. The Morgan fingerprint density at radius 1 is 1.24 bits per heavy atom. The third kappa shape index (κ3) is 4.04. The molecule has 2 aliphatic rings. The van der Waals surface area contributed by atoms with Crippen molar-refractivity contribution in [2.24, 2.45) is 17.3 Å². The zero-order valence-corrected chi connectivity index (χ0v) is 19.5. The molecule has 1 amide bonds. The van der Waals surface area contributed by atoms with Crippen LogP contribution in [0.4, 0.5) is 4.79 Å². The maximum Gasteiger partial charge on any atom is 0.410 e. The van der Waals surface area contributed by atoms with Crippen molar-refractivity contribution in [3.8, 4) is 29.7 Å². The molecule has 1 aliphatic heterocycles. The normalized spacial score (nSPS) is 22.8. The SMILES string of the molecule is CCCOc1ccc([C@@H]2[C@H]3CN(C(=O)OCC)CC=C3[C@@H](C#N)C(=N)C2(C#N)C#N)cc1OC. The highest BCUT2D eigenvalue weighted by atomic mass is 16.6. The van der Waals surface area contributed by atoms with E-state index in [1.807, 2.05) is 19.1 Å². The molecule has 9 nitrogen and oxygen atoms in total. The van der Waals surface area contributed by atoms with Gasteiger partial charge in [0, 0.05) is 24.9 Å². The second-order valence-corrected chi connectivity index (χ2v) is 8.16. The van der Waals surface area contributed by atoms with E-state index in [-0.39, 0.29) is 25.4 Å². The second kappa shape index (κ2) is 10.3. The summed E-state index contributed by atoms with van der Waals surface area (Å²) in [6.45, 7) is 4.79. The van der Waals surface area contributed by atoms with Crippen LogP contribution in [0.5, 0.6) is 11.5 Å². The number of amides is 1. The van der Waals surface area contributed by atoms with Crippen LogP contribution in [-0.4, -0.2) is 50.1 Å². The van der Waals surface area contributed by atoms with E-state index < -0.39 is 29.3 Å². The Morgan fingerprint density at radius 3 is 2.56 bits per heavy atom. The van der Waals surface area contributed by atoms with Crippen LogP contribution in [0.2, 0.25) is 0 Å². The van der Waals surface area contributed by atoms with E-state index in [2.05, 4.69) is 6.07 Å². The van der Waals surface area contributed by atoms with Gasteiger partial charge in [-0.25, -0.2) is 4.79 Å². The molecule has 1 fully saturated rings. The van der Waals surface area contributed by atoms with Crippen molar-refractivity contribution in [1.82, 2.24) is 4.90 Å². The minimum Gasteiger partial charge on any atom is -0.493 e. The molecule has 0 aromatic heterocycles. The van der Waals surface area contributed by atoms with Crippen LogP contribution in [0.3, 0.4) is 0 Å². The molecule has 0 spiro atoms. The van der Waals surface area contributed by atoms with Gasteiger partial charge in [-0.3, -0.25) is 0 Å². The number of nitrogens with one attached hydrogen (secondary N) is 1. The fourth-order valence-electron chi connectivity index (χ4n) is 4.76. The Morgan fingerprint density at radius 2 is 1.97 bits per heavy atom. The maximum absolute atomic E-state index is 12.5. The highest BCUT2D eigenvalue weighted by molar-refractivity contribution is 6.01. The number of carbonyl (C=O) groups excluding carboxylic acids is 1. The van der Waals surface area contributed by atoms with Crippen molar-refractivity contribution in [1.29, 1.82) is 21.2 Å². The van der Waals surface area contributed by atoms with E-state index in [0.29, 0.717) is 29.2 Å². The standard InChI is InChI=1S/C25H27N5O4/c1-4-10-34-20-7-6-16(11-21(20)32-3)22-19-13-30(24(31)33-5-2)9-8-17(19)18(12-26)23(29)25(22,14-27)15-28/h6-8,11,18-19,22,29H,4-5,9-10,13H2,1-3H3/t18-,19+,22-/m1/s1. The number of ether oxygens (including phenoxy) is 3. The van der Waals surface area contributed by atoms with Crippen LogP contribution in [-0.2, 0) is 4.74 Å². The van der Waals surface area contributed by atoms with Crippen molar-refractivity contribution in [2.75, 3.05) is 33.4 Å². The highest BCUT2D eigenvalue weighted by Crippen LogP contribution is 2.54. The van der Waals surface area contributed by atoms with Gasteiger partial charge in [0.2, 0.25) is 0 Å². The predicted molar refractivity (Wildman–Crippen MR) is 122 cm³/mol. The minimum absolute atomic E-state index is 0.155. The monoisotopic (exact) mass is 461 g/mol. The number of rotatable bonds is 6. The molecule has 1 aromatic rings. The molecular weight excluding hydrogens is 434 g/mol. The van der Waals surface area contributed by atoms with Gasteiger partial charge in [-0.2, -0.15) is 15.8 Å². The molecule has 34 heavy (non-hydrogen) atoms. The predicted octanol–water partition coefficient (Wildman–Crippen LogP) is 3.79. The van der Waals surface area contributed by atoms with Gasteiger partial charge in [0.25, 0.3) is 0 Å². The van der Waals surface area contributed by atoms with Gasteiger partial charge in [-0.1, -0.05) is 19.1 Å². The zero-order chi connectivity index (χ0) is 24.9.